The minimum atomic E-state index is -3.68. The van der Waals surface area contributed by atoms with Crippen LogP contribution in [0.1, 0.15) is 38.1 Å². The maximum Gasteiger partial charge on any atom is 0.244 e. The third-order valence-corrected chi connectivity index (χ3v) is 10.5. The Bertz CT molecular complexity index is 1540. The van der Waals surface area contributed by atoms with E-state index >= 15 is 0 Å². The van der Waals surface area contributed by atoms with Gasteiger partial charge in [0, 0.05) is 83.1 Å². The van der Waals surface area contributed by atoms with Crippen molar-refractivity contribution in [1.29, 1.82) is 0 Å². The number of nitrogens with zero attached hydrogens (tertiary/aromatic N) is 6. The molecule has 0 amide bonds. The highest BCUT2D eigenvalue weighted by Crippen LogP contribution is 2.32. The van der Waals surface area contributed by atoms with Crippen LogP contribution in [0.3, 0.4) is 0 Å². The molecule has 0 atom stereocenters. The van der Waals surface area contributed by atoms with Crippen LogP contribution in [0.25, 0.3) is 0 Å². The van der Waals surface area contributed by atoms with E-state index in [1.165, 1.54) is 43.1 Å². The van der Waals surface area contributed by atoms with Crippen LogP contribution in [0.2, 0.25) is 5.02 Å². The van der Waals surface area contributed by atoms with Crippen molar-refractivity contribution in [1.82, 2.24) is 24.1 Å². The molecule has 2 aliphatic heterocycles. The van der Waals surface area contributed by atoms with E-state index in [0.29, 0.717) is 34.8 Å². The molecule has 12 heteroatoms. The molecule has 0 spiro atoms. The van der Waals surface area contributed by atoms with Gasteiger partial charge in [-0.3, -0.25) is 4.90 Å². The van der Waals surface area contributed by atoms with E-state index < -0.39 is 10.0 Å². The van der Waals surface area contributed by atoms with Crippen molar-refractivity contribution in [3.63, 3.8) is 0 Å². The van der Waals surface area contributed by atoms with Gasteiger partial charge in [-0.05, 0) is 51.9 Å². The number of hydrogen-bond acceptors (Lipinski definition) is 9. The third kappa shape index (κ3) is 7.63. The number of anilines is 3. The smallest absolute Gasteiger partial charge is 0.244 e. The average molecular weight is 642 g/mol. The Kier molecular flexibility index (Phi) is 10.3. The maximum absolute atomic E-state index is 12.9. The minimum absolute atomic E-state index is 0.00507. The van der Waals surface area contributed by atoms with Crippen LogP contribution in [0.4, 0.5) is 17.2 Å². The molecule has 3 heterocycles. The SMILES string of the molecule is CC(C)Oc1cc(N2CCC(N3CCN(C)CC3)CC2)ccc1Cc1ncc(Cl)c(Nc2ccccc2S(=O)(=O)N(C)C)n1. The summed E-state index contributed by atoms with van der Waals surface area (Å²) in [5, 5.41) is 3.42. The summed E-state index contributed by atoms with van der Waals surface area (Å²) in [6.07, 6.45) is 4.30. The molecule has 2 aromatic carbocycles. The first-order valence-electron chi connectivity index (χ1n) is 15.3. The number of likely N-dealkylation sites (N-methyl/N-ethyl adjacent to an activating group) is 1. The van der Waals surface area contributed by atoms with Crippen LogP contribution >= 0.6 is 11.6 Å². The van der Waals surface area contributed by atoms with Crippen LogP contribution in [0.5, 0.6) is 5.75 Å². The molecule has 238 valence electrons. The van der Waals surface area contributed by atoms with E-state index in [4.69, 9.17) is 16.3 Å². The zero-order valence-electron chi connectivity index (χ0n) is 26.3. The lowest BCUT2D eigenvalue weighted by atomic mass is 10.0. The predicted molar refractivity (Wildman–Crippen MR) is 177 cm³/mol. The van der Waals surface area contributed by atoms with Crippen molar-refractivity contribution in [2.75, 3.05) is 70.6 Å². The highest BCUT2D eigenvalue weighted by Gasteiger charge is 2.27. The zero-order valence-corrected chi connectivity index (χ0v) is 27.9. The first-order chi connectivity index (χ1) is 21.0. The number of ether oxygens (including phenoxy) is 1. The van der Waals surface area contributed by atoms with Gasteiger partial charge < -0.3 is 19.9 Å². The van der Waals surface area contributed by atoms with Crippen molar-refractivity contribution >= 4 is 38.8 Å². The van der Waals surface area contributed by atoms with Gasteiger partial charge in [-0.2, -0.15) is 0 Å². The molecule has 44 heavy (non-hydrogen) atoms. The second-order valence-electron chi connectivity index (χ2n) is 12.1. The summed E-state index contributed by atoms with van der Waals surface area (Å²) >= 11 is 6.47. The van der Waals surface area contributed by atoms with Crippen molar-refractivity contribution < 1.29 is 13.2 Å². The second kappa shape index (κ2) is 14.0. The van der Waals surface area contributed by atoms with Crippen LogP contribution in [-0.4, -0.2) is 105 Å². The molecular formula is C32H44ClN7O3S. The number of hydrogen-bond donors (Lipinski definition) is 1. The van der Waals surface area contributed by atoms with Gasteiger partial charge >= 0.3 is 0 Å². The van der Waals surface area contributed by atoms with Gasteiger partial charge in [-0.25, -0.2) is 22.7 Å². The number of aromatic nitrogens is 2. The predicted octanol–water partition coefficient (Wildman–Crippen LogP) is 4.72. The Hall–Kier alpha value is -2.96. The second-order valence-corrected chi connectivity index (χ2v) is 14.6. The van der Waals surface area contributed by atoms with Crippen molar-refractivity contribution in [2.24, 2.45) is 0 Å². The molecule has 2 saturated heterocycles. The van der Waals surface area contributed by atoms with E-state index in [9.17, 15) is 8.42 Å². The number of nitrogens with one attached hydrogen (secondary N) is 1. The molecule has 0 radical (unpaired) electrons. The van der Waals surface area contributed by atoms with E-state index in [2.05, 4.69) is 55.2 Å². The Balaban J connectivity index is 1.32. The van der Waals surface area contributed by atoms with E-state index in [1.807, 2.05) is 13.8 Å². The van der Waals surface area contributed by atoms with Crippen molar-refractivity contribution in [2.45, 2.75) is 50.2 Å². The van der Waals surface area contributed by atoms with Gasteiger partial charge in [0.15, 0.2) is 5.82 Å². The summed E-state index contributed by atoms with van der Waals surface area (Å²) in [5.74, 6) is 1.69. The quantitative estimate of drug-likeness (QED) is 0.338. The summed E-state index contributed by atoms with van der Waals surface area (Å²) in [5.41, 5.74) is 2.52. The molecule has 1 aromatic heterocycles. The van der Waals surface area contributed by atoms with Gasteiger partial charge in [0.2, 0.25) is 10.0 Å². The lowest BCUT2D eigenvalue weighted by molar-refractivity contribution is 0.0982. The van der Waals surface area contributed by atoms with Gasteiger partial charge in [0.05, 0.1) is 18.0 Å². The summed E-state index contributed by atoms with van der Waals surface area (Å²) < 4.78 is 33.3. The molecular weight excluding hydrogens is 598 g/mol. The fraction of sp³-hybridized carbons (Fsp3) is 0.500. The molecule has 2 aliphatic rings. The van der Waals surface area contributed by atoms with Crippen molar-refractivity contribution in [3.05, 3.63) is 65.1 Å². The Morgan fingerprint density at radius 1 is 1.05 bits per heavy atom. The lowest BCUT2D eigenvalue weighted by Crippen LogP contribution is -2.52. The normalized spacial score (nSPS) is 17.4. The highest BCUT2D eigenvalue weighted by atomic mass is 35.5. The third-order valence-electron chi connectivity index (χ3n) is 8.34. The Morgan fingerprint density at radius 2 is 1.75 bits per heavy atom. The fourth-order valence-electron chi connectivity index (χ4n) is 5.79. The molecule has 2 fully saturated rings. The first-order valence-corrected chi connectivity index (χ1v) is 17.1. The van der Waals surface area contributed by atoms with Crippen molar-refractivity contribution in [3.8, 4) is 5.75 Å². The number of piperazine rings is 1. The lowest BCUT2D eigenvalue weighted by Gasteiger charge is -2.42. The summed E-state index contributed by atoms with van der Waals surface area (Å²) in [6.45, 7) is 10.7. The fourth-order valence-corrected chi connectivity index (χ4v) is 6.97. The number of benzene rings is 2. The number of para-hydroxylation sites is 1. The van der Waals surface area contributed by atoms with Gasteiger partial charge in [-0.15, -0.1) is 0 Å². The topological polar surface area (TPSA) is 94.1 Å². The molecule has 0 saturated carbocycles. The first kappa shape index (κ1) is 32.4. The molecule has 10 nitrogen and oxygen atoms in total. The van der Waals surface area contributed by atoms with Gasteiger partial charge in [-0.1, -0.05) is 29.8 Å². The largest absolute Gasteiger partial charge is 0.491 e. The number of rotatable bonds is 10. The highest BCUT2D eigenvalue weighted by molar-refractivity contribution is 7.89. The monoisotopic (exact) mass is 641 g/mol. The molecule has 0 bridgehead atoms. The number of piperidine rings is 1. The minimum Gasteiger partial charge on any atom is -0.491 e. The summed E-state index contributed by atoms with van der Waals surface area (Å²) in [6, 6.07) is 13.8. The van der Waals surface area contributed by atoms with Crippen LogP contribution < -0.4 is 15.0 Å². The van der Waals surface area contributed by atoms with E-state index in [0.717, 1.165) is 50.6 Å². The summed E-state index contributed by atoms with van der Waals surface area (Å²) in [4.78, 5) is 16.8. The zero-order chi connectivity index (χ0) is 31.4. The van der Waals surface area contributed by atoms with E-state index in [-0.39, 0.29) is 11.0 Å². The Morgan fingerprint density at radius 3 is 2.43 bits per heavy atom. The molecule has 5 rings (SSSR count). The van der Waals surface area contributed by atoms with Gasteiger partial charge in [0.1, 0.15) is 21.5 Å². The average Bonchev–Trinajstić information content (AvgIpc) is 3.00. The van der Waals surface area contributed by atoms with Crippen LogP contribution in [0, 0.1) is 0 Å². The molecule has 0 aliphatic carbocycles. The summed E-state index contributed by atoms with van der Waals surface area (Å²) in [7, 11) is 1.52. The molecule has 1 N–H and O–H groups in total. The molecule has 3 aromatic rings. The Labute approximate surface area is 267 Å². The van der Waals surface area contributed by atoms with Gasteiger partial charge in [0.25, 0.3) is 0 Å². The molecule has 0 unspecified atom stereocenters. The standard InChI is InChI=1S/C32H44ClN7O3S/c1-23(2)43-29-21-26(39-14-12-25(13-15-39)40-18-16-38(5)17-19-40)11-10-24(29)20-31-34-22-27(33)32(36-31)35-28-8-6-7-9-30(28)44(41,42)37(3)4/h6-11,21-23,25H,12-20H2,1-5H3,(H,34,35,36). The number of sulfonamides is 1. The number of halogens is 1. The maximum atomic E-state index is 12.9. The van der Waals surface area contributed by atoms with E-state index in [1.54, 1.807) is 24.3 Å². The van der Waals surface area contributed by atoms with Crippen LogP contribution in [-0.2, 0) is 16.4 Å². The van der Waals surface area contributed by atoms with Crippen LogP contribution in [0.15, 0.2) is 53.6 Å².